The van der Waals surface area contributed by atoms with Crippen molar-refractivity contribution in [1.29, 1.82) is 0 Å². The van der Waals surface area contributed by atoms with E-state index in [-0.39, 0.29) is 11.5 Å². The maximum atomic E-state index is 13.4. The largest absolute Gasteiger partial charge is 0.494 e. The van der Waals surface area contributed by atoms with Crippen LogP contribution in [0.5, 0.6) is 11.5 Å². The molecule has 0 spiro atoms. The molecule has 1 heterocycles. The Morgan fingerprint density at radius 3 is 2.51 bits per heavy atom. The number of hydrogen-bond acceptors (Lipinski definition) is 7. The van der Waals surface area contributed by atoms with Crippen LogP contribution in [0.25, 0.3) is 17.2 Å². The first-order chi connectivity index (χ1) is 19.7. The number of thiocarbonyl (C=S) groups is 1. The number of ether oxygens (including phenoxy) is 2. The van der Waals surface area contributed by atoms with Crippen LogP contribution in [-0.4, -0.2) is 71.5 Å². The van der Waals surface area contributed by atoms with Crippen LogP contribution in [0, 0.1) is 0 Å². The van der Waals surface area contributed by atoms with E-state index < -0.39 is 5.97 Å². The van der Waals surface area contributed by atoms with E-state index in [4.69, 9.17) is 38.4 Å². The first kappa shape index (κ1) is 30.6. The summed E-state index contributed by atoms with van der Waals surface area (Å²) in [5.41, 5.74) is 3.61. The molecule has 0 saturated carbocycles. The van der Waals surface area contributed by atoms with E-state index in [2.05, 4.69) is 0 Å². The number of thioether (sulfide) groups is 1. The number of carbonyl (C=O) groups excluding carboxylic acids is 1. The Bertz CT molecular complexity index is 1470. The SMILES string of the molecule is CCOc1ccc(-c2ccc(OCCN(C)C)c(/C=C3\SC(=S)N(CCc4ccc(C(=O)O)cc4)C3=O)c2)c(Cl)c1. The number of amides is 1. The van der Waals surface area contributed by atoms with E-state index in [1.807, 2.05) is 62.3 Å². The Morgan fingerprint density at radius 2 is 1.85 bits per heavy atom. The zero-order valence-corrected chi connectivity index (χ0v) is 25.4. The van der Waals surface area contributed by atoms with Crippen LogP contribution in [0.1, 0.15) is 28.4 Å². The molecule has 10 heteroatoms. The first-order valence-corrected chi connectivity index (χ1v) is 14.7. The summed E-state index contributed by atoms with van der Waals surface area (Å²) in [5.74, 6) is 0.205. The summed E-state index contributed by atoms with van der Waals surface area (Å²) in [6.45, 7) is 4.08. The number of carboxylic acids is 1. The second-order valence-corrected chi connectivity index (χ2v) is 11.6. The predicted molar refractivity (Wildman–Crippen MR) is 169 cm³/mol. The number of benzene rings is 3. The lowest BCUT2D eigenvalue weighted by atomic mass is 10.0. The Kier molecular flexibility index (Phi) is 10.4. The van der Waals surface area contributed by atoms with Crippen molar-refractivity contribution in [2.24, 2.45) is 0 Å². The third-order valence-electron chi connectivity index (χ3n) is 6.35. The molecule has 0 bridgehead atoms. The van der Waals surface area contributed by atoms with E-state index >= 15 is 0 Å². The maximum absolute atomic E-state index is 13.4. The van der Waals surface area contributed by atoms with Gasteiger partial charge in [-0.25, -0.2) is 4.79 Å². The lowest BCUT2D eigenvalue weighted by Crippen LogP contribution is -2.30. The molecule has 1 aliphatic heterocycles. The van der Waals surface area contributed by atoms with Crippen LogP contribution >= 0.6 is 35.6 Å². The van der Waals surface area contributed by atoms with E-state index in [1.165, 1.54) is 11.8 Å². The smallest absolute Gasteiger partial charge is 0.335 e. The second kappa shape index (κ2) is 14.0. The van der Waals surface area contributed by atoms with Gasteiger partial charge >= 0.3 is 5.97 Å². The molecule has 3 aromatic carbocycles. The average Bonchev–Trinajstić information content (AvgIpc) is 3.20. The number of hydrogen-bond donors (Lipinski definition) is 1. The fourth-order valence-corrected chi connectivity index (χ4v) is 5.75. The Labute approximate surface area is 254 Å². The normalized spacial score (nSPS) is 14.3. The van der Waals surface area contributed by atoms with Crippen molar-refractivity contribution in [3.63, 3.8) is 0 Å². The Hall–Kier alpha value is -3.37. The van der Waals surface area contributed by atoms with Crippen LogP contribution < -0.4 is 9.47 Å². The highest BCUT2D eigenvalue weighted by Crippen LogP contribution is 2.38. The highest BCUT2D eigenvalue weighted by Gasteiger charge is 2.32. The van der Waals surface area contributed by atoms with Crippen molar-refractivity contribution < 1.29 is 24.2 Å². The number of nitrogens with zero attached hydrogens (tertiary/aromatic N) is 2. The molecule has 1 aliphatic rings. The number of carboxylic acid groups (broad SMARTS) is 1. The monoisotopic (exact) mass is 610 g/mol. The van der Waals surface area contributed by atoms with Crippen molar-refractivity contribution in [3.8, 4) is 22.6 Å². The molecular formula is C31H31ClN2O5S2. The third kappa shape index (κ3) is 7.89. The number of likely N-dealkylation sites (N-methyl/N-ethyl adjacent to an activating group) is 1. The van der Waals surface area contributed by atoms with Crippen molar-refractivity contribution in [2.45, 2.75) is 13.3 Å². The Balaban J connectivity index is 1.59. The van der Waals surface area contributed by atoms with Crippen molar-refractivity contribution in [2.75, 3.05) is 40.4 Å². The number of halogens is 1. The minimum atomic E-state index is -0.974. The van der Waals surface area contributed by atoms with Gasteiger partial charge in [-0.1, -0.05) is 53.8 Å². The first-order valence-electron chi connectivity index (χ1n) is 13.1. The minimum Gasteiger partial charge on any atom is -0.494 e. The summed E-state index contributed by atoms with van der Waals surface area (Å²) in [4.78, 5) is 28.6. The van der Waals surface area contributed by atoms with Gasteiger partial charge in [-0.3, -0.25) is 9.69 Å². The van der Waals surface area contributed by atoms with Gasteiger partial charge in [-0.15, -0.1) is 0 Å². The van der Waals surface area contributed by atoms with Gasteiger partial charge in [-0.2, -0.15) is 0 Å². The van der Waals surface area contributed by atoms with Gasteiger partial charge in [-0.05, 0) is 87.1 Å². The molecular weight excluding hydrogens is 580 g/mol. The number of rotatable bonds is 12. The molecule has 0 radical (unpaired) electrons. The van der Waals surface area contributed by atoms with Crippen LogP contribution in [-0.2, 0) is 11.2 Å². The summed E-state index contributed by atoms with van der Waals surface area (Å²) in [6.07, 6.45) is 2.36. The topological polar surface area (TPSA) is 79.3 Å². The average molecular weight is 611 g/mol. The molecule has 214 valence electrons. The van der Waals surface area contributed by atoms with Crippen LogP contribution in [0.15, 0.2) is 65.6 Å². The summed E-state index contributed by atoms with van der Waals surface area (Å²) < 4.78 is 12.1. The molecule has 41 heavy (non-hydrogen) atoms. The molecule has 3 aromatic rings. The highest BCUT2D eigenvalue weighted by atomic mass is 35.5. The molecule has 4 rings (SSSR count). The minimum absolute atomic E-state index is 0.175. The molecule has 7 nitrogen and oxygen atoms in total. The fraction of sp³-hybridized carbons (Fsp3) is 0.258. The van der Waals surface area contributed by atoms with Gasteiger partial charge in [0.05, 0.1) is 22.1 Å². The molecule has 1 N–H and O–H groups in total. The van der Waals surface area contributed by atoms with Gasteiger partial charge in [0.25, 0.3) is 5.91 Å². The van der Waals surface area contributed by atoms with Gasteiger partial charge < -0.3 is 19.5 Å². The summed E-state index contributed by atoms with van der Waals surface area (Å²) in [5, 5.41) is 9.67. The van der Waals surface area contributed by atoms with Crippen molar-refractivity contribution in [3.05, 3.63) is 87.3 Å². The Morgan fingerprint density at radius 1 is 1.10 bits per heavy atom. The van der Waals surface area contributed by atoms with E-state index in [1.54, 1.807) is 35.2 Å². The zero-order valence-electron chi connectivity index (χ0n) is 23.1. The lowest BCUT2D eigenvalue weighted by Gasteiger charge is -2.15. The molecule has 0 aliphatic carbocycles. The molecule has 1 amide bonds. The van der Waals surface area contributed by atoms with Crippen molar-refractivity contribution in [1.82, 2.24) is 9.80 Å². The van der Waals surface area contributed by atoms with Crippen LogP contribution in [0.4, 0.5) is 0 Å². The summed E-state index contributed by atoms with van der Waals surface area (Å²) >= 11 is 13.4. The van der Waals surface area contributed by atoms with Crippen molar-refractivity contribution >= 4 is 57.9 Å². The molecule has 0 aromatic heterocycles. The van der Waals surface area contributed by atoms with Gasteiger partial charge in [0, 0.05) is 24.2 Å². The maximum Gasteiger partial charge on any atom is 0.335 e. The zero-order chi connectivity index (χ0) is 29.5. The van der Waals surface area contributed by atoms with Crippen LogP contribution in [0.3, 0.4) is 0 Å². The molecule has 1 saturated heterocycles. The molecule has 0 atom stereocenters. The fourth-order valence-electron chi connectivity index (χ4n) is 4.17. The second-order valence-electron chi connectivity index (χ2n) is 9.56. The number of aromatic carboxylic acids is 1. The molecule has 1 fully saturated rings. The van der Waals surface area contributed by atoms with Gasteiger partial charge in [0.1, 0.15) is 22.4 Å². The van der Waals surface area contributed by atoms with Gasteiger partial charge in [0.15, 0.2) is 0 Å². The van der Waals surface area contributed by atoms with Crippen LogP contribution in [0.2, 0.25) is 5.02 Å². The lowest BCUT2D eigenvalue weighted by molar-refractivity contribution is -0.122. The van der Waals surface area contributed by atoms with E-state index in [0.717, 1.165) is 28.8 Å². The molecule has 0 unspecified atom stereocenters. The van der Waals surface area contributed by atoms with E-state index in [9.17, 15) is 9.59 Å². The quantitative estimate of drug-likeness (QED) is 0.184. The van der Waals surface area contributed by atoms with E-state index in [0.29, 0.717) is 51.9 Å². The standard InChI is InChI=1S/C31H31ClN2O5S2/c1-4-38-24-10-11-25(26(32)19-24)22-9-12-27(39-16-15-33(2)3)23(17-22)18-28-29(35)34(31(40)41-28)14-13-20-5-7-21(8-6-20)30(36)37/h5-12,17-19H,4,13-16H2,1-3H3,(H,36,37)/b28-18-. The summed E-state index contributed by atoms with van der Waals surface area (Å²) in [7, 11) is 3.96. The number of carbonyl (C=O) groups is 2. The predicted octanol–water partition coefficient (Wildman–Crippen LogP) is 6.49. The van der Waals surface area contributed by atoms with Gasteiger partial charge in [0.2, 0.25) is 0 Å². The highest BCUT2D eigenvalue weighted by molar-refractivity contribution is 8.26. The summed E-state index contributed by atoms with van der Waals surface area (Å²) in [6, 6.07) is 18.0. The third-order valence-corrected chi connectivity index (χ3v) is 8.04.